The van der Waals surface area contributed by atoms with Crippen molar-refractivity contribution in [3.8, 4) is 0 Å². The second kappa shape index (κ2) is 7.41. The van der Waals surface area contributed by atoms with Gasteiger partial charge in [-0.1, -0.05) is 24.6 Å². The first-order chi connectivity index (χ1) is 9.72. The van der Waals surface area contributed by atoms with Crippen LogP contribution in [0.2, 0.25) is 0 Å². The summed E-state index contributed by atoms with van der Waals surface area (Å²) in [6, 6.07) is 7.72. The molecule has 0 spiro atoms. The Hall–Kier alpha value is -1.39. The van der Waals surface area contributed by atoms with Gasteiger partial charge in [0.05, 0.1) is 6.10 Å². The van der Waals surface area contributed by atoms with E-state index in [9.17, 15) is 9.90 Å². The number of carbonyl (C=O) groups is 1. The van der Waals surface area contributed by atoms with Gasteiger partial charge < -0.3 is 15.7 Å². The van der Waals surface area contributed by atoms with Gasteiger partial charge in [-0.25, -0.2) is 0 Å². The molecule has 1 aliphatic rings. The molecule has 0 bridgehead atoms. The standard InChI is InChI=1S/C16H24N2O2/c1-17-10-9-12-5-2-3-7-14(12)16(20)18-11-13-6-4-8-15(13)19/h2-3,5,7,13,15,17,19H,4,6,8-11H2,1H3,(H,18,20). The number of amides is 1. The molecule has 4 nitrogen and oxygen atoms in total. The third-order valence-electron chi connectivity index (χ3n) is 4.05. The number of hydrogen-bond acceptors (Lipinski definition) is 3. The van der Waals surface area contributed by atoms with Crippen molar-refractivity contribution in [2.45, 2.75) is 31.8 Å². The van der Waals surface area contributed by atoms with Gasteiger partial charge in [-0.05, 0) is 44.5 Å². The second-order valence-electron chi connectivity index (χ2n) is 5.48. The van der Waals surface area contributed by atoms with Crippen molar-refractivity contribution in [2.24, 2.45) is 5.92 Å². The van der Waals surface area contributed by atoms with Crippen LogP contribution in [0.5, 0.6) is 0 Å². The van der Waals surface area contributed by atoms with E-state index >= 15 is 0 Å². The molecule has 1 amide bonds. The first-order valence-electron chi connectivity index (χ1n) is 7.41. The Morgan fingerprint density at radius 3 is 2.85 bits per heavy atom. The Balaban J connectivity index is 1.94. The highest BCUT2D eigenvalue weighted by atomic mass is 16.3. The molecular weight excluding hydrogens is 252 g/mol. The fraction of sp³-hybridized carbons (Fsp3) is 0.562. The van der Waals surface area contributed by atoms with Crippen LogP contribution in [0.15, 0.2) is 24.3 Å². The van der Waals surface area contributed by atoms with Gasteiger partial charge in [0, 0.05) is 18.0 Å². The Morgan fingerprint density at radius 2 is 2.15 bits per heavy atom. The largest absolute Gasteiger partial charge is 0.393 e. The van der Waals surface area contributed by atoms with E-state index in [-0.39, 0.29) is 17.9 Å². The first kappa shape index (κ1) is 15.0. The maximum Gasteiger partial charge on any atom is 0.251 e. The maximum atomic E-state index is 12.3. The summed E-state index contributed by atoms with van der Waals surface area (Å²) in [5.41, 5.74) is 1.81. The molecule has 1 fully saturated rings. The summed E-state index contributed by atoms with van der Waals surface area (Å²) in [6.07, 6.45) is 3.50. The molecule has 0 aromatic heterocycles. The minimum Gasteiger partial charge on any atom is -0.393 e. The molecular formula is C16H24N2O2. The van der Waals surface area contributed by atoms with Crippen LogP contribution < -0.4 is 10.6 Å². The molecule has 20 heavy (non-hydrogen) atoms. The van der Waals surface area contributed by atoms with Crippen LogP contribution in [0.3, 0.4) is 0 Å². The number of hydrogen-bond donors (Lipinski definition) is 3. The number of carbonyl (C=O) groups excluding carboxylic acids is 1. The Kier molecular flexibility index (Phi) is 5.56. The van der Waals surface area contributed by atoms with Gasteiger partial charge in [0.15, 0.2) is 0 Å². The van der Waals surface area contributed by atoms with Crippen LogP contribution in [0.25, 0.3) is 0 Å². The third kappa shape index (κ3) is 3.81. The molecule has 4 heteroatoms. The van der Waals surface area contributed by atoms with Gasteiger partial charge in [0.2, 0.25) is 0 Å². The molecule has 1 aromatic carbocycles. The van der Waals surface area contributed by atoms with E-state index in [1.807, 2.05) is 31.3 Å². The van der Waals surface area contributed by atoms with Crippen molar-refractivity contribution >= 4 is 5.91 Å². The highest BCUT2D eigenvalue weighted by Gasteiger charge is 2.25. The summed E-state index contributed by atoms with van der Waals surface area (Å²) in [4.78, 5) is 12.3. The van der Waals surface area contributed by atoms with E-state index in [0.29, 0.717) is 6.54 Å². The van der Waals surface area contributed by atoms with Gasteiger partial charge in [-0.15, -0.1) is 0 Å². The highest BCUT2D eigenvalue weighted by Crippen LogP contribution is 2.24. The number of nitrogens with one attached hydrogen (secondary N) is 2. The summed E-state index contributed by atoms with van der Waals surface area (Å²) in [7, 11) is 1.91. The Bertz CT molecular complexity index is 448. The van der Waals surface area contributed by atoms with Gasteiger partial charge in [0.25, 0.3) is 5.91 Å². The van der Waals surface area contributed by atoms with E-state index in [4.69, 9.17) is 0 Å². The van der Waals surface area contributed by atoms with Crippen molar-refractivity contribution < 1.29 is 9.90 Å². The first-order valence-corrected chi connectivity index (χ1v) is 7.41. The molecule has 0 aliphatic heterocycles. The van der Waals surface area contributed by atoms with E-state index in [1.54, 1.807) is 0 Å². The fourth-order valence-electron chi connectivity index (χ4n) is 2.79. The molecule has 2 rings (SSSR count). The Morgan fingerprint density at radius 1 is 1.35 bits per heavy atom. The van der Waals surface area contributed by atoms with Crippen LogP contribution >= 0.6 is 0 Å². The molecule has 1 aromatic rings. The fourth-order valence-corrected chi connectivity index (χ4v) is 2.79. The zero-order valence-electron chi connectivity index (χ0n) is 12.1. The summed E-state index contributed by atoms with van der Waals surface area (Å²) < 4.78 is 0. The smallest absolute Gasteiger partial charge is 0.251 e. The molecule has 0 radical (unpaired) electrons. The summed E-state index contributed by atoms with van der Waals surface area (Å²) in [5.74, 6) is 0.180. The number of aliphatic hydroxyl groups excluding tert-OH is 1. The van der Waals surface area contributed by atoms with E-state index in [2.05, 4.69) is 10.6 Å². The van der Waals surface area contributed by atoms with Crippen LogP contribution in [-0.4, -0.2) is 37.3 Å². The molecule has 1 saturated carbocycles. The number of likely N-dealkylation sites (N-methyl/N-ethyl adjacent to an activating group) is 1. The SMILES string of the molecule is CNCCc1ccccc1C(=O)NCC1CCCC1O. The number of rotatable bonds is 6. The zero-order valence-corrected chi connectivity index (χ0v) is 12.1. The lowest BCUT2D eigenvalue weighted by atomic mass is 10.0. The maximum absolute atomic E-state index is 12.3. The lowest BCUT2D eigenvalue weighted by molar-refractivity contribution is 0.0916. The predicted molar refractivity (Wildman–Crippen MR) is 79.8 cm³/mol. The molecule has 2 atom stereocenters. The number of aliphatic hydroxyl groups is 1. The van der Waals surface area contributed by atoms with E-state index < -0.39 is 0 Å². The average Bonchev–Trinajstić information content (AvgIpc) is 2.88. The number of benzene rings is 1. The minimum absolute atomic E-state index is 0.0317. The zero-order chi connectivity index (χ0) is 14.4. The van der Waals surface area contributed by atoms with E-state index in [0.717, 1.165) is 43.4 Å². The predicted octanol–water partition coefficient (Wildman–Crippen LogP) is 1.34. The van der Waals surface area contributed by atoms with Crippen molar-refractivity contribution in [1.82, 2.24) is 10.6 Å². The second-order valence-corrected chi connectivity index (χ2v) is 5.48. The lowest BCUT2D eigenvalue weighted by Crippen LogP contribution is -2.33. The highest BCUT2D eigenvalue weighted by molar-refractivity contribution is 5.95. The lowest BCUT2D eigenvalue weighted by Gasteiger charge is -2.16. The third-order valence-corrected chi connectivity index (χ3v) is 4.05. The summed E-state index contributed by atoms with van der Waals surface area (Å²) in [5, 5.41) is 15.9. The van der Waals surface area contributed by atoms with Gasteiger partial charge >= 0.3 is 0 Å². The normalized spacial score (nSPS) is 21.9. The molecule has 0 heterocycles. The van der Waals surface area contributed by atoms with Crippen LogP contribution in [0.4, 0.5) is 0 Å². The van der Waals surface area contributed by atoms with Crippen molar-refractivity contribution in [2.75, 3.05) is 20.1 Å². The van der Waals surface area contributed by atoms with E-state index in [1.165, 1.54) is 0 Å². The molecule has 0 saturated heterocycles. The van der Waals surface area contributed by atoms with Crippen molar-refractivity contribution in [3.63, 3.8) is 0 Å². The topological polar surface area (TPSA) is 61.4 Å². The summed E-state index contributed by atoms with van der Waals surface area (Å²) in [6.45, 7) is 1.42. The molecule has 3 N–H and O–H groups in total. The Labute approximate surface area is 120 Å². The van der Waals surface area contributed by atoms with Gasteiger partial charge in [-0.3, -0.25) is 4.79 Å². The van der Waals surface area contributed by atoms with Gasteiger partial charge in [0.1, 0.15) is 0 Å². The van der Waals surface area contributed by atoms with Crippen LogP contribution in [-0.2, 0) is 6.42 Å². The van der Waals surface area contributed by atoms with Crippen molar-refractivity contribution in [1.29, 1.82) is 0 Å². The monoisotopic (exact) mass is 276 g/mol. The quantitative estimate of drug-likeness (QED) is 0.735. The van der Waals surface area contributed by atoms with Crippen molar-refractivity contribution in [3.05, 3.63) is 35.4 Å². The molecule has 1 aliphatic carbocycles. The van der Waals surface area contributed by atoms with Gasteiger partial charge in [-0.2, -0.15) is 0 Å². The molecule has 110 valence electrons. The minimum atomic E-state index is -0.255. The van der Waals surface area contributed by atoms with Crippen LogP contribution in [0.1, 0.15) is 35.2 Å². The summed E-state index contributed by atoms with van der Waals surface area (Å²) >= 11 is 0. The van der Waals surface area contributed by atoms with Crippen LogP contribution in [0, 0.1) is 5.92 Å². The average molecular weight is 276 g/mol. The molecule has 2 unspecified atom stereocenters.